The first kappa shape index (κ1) is 29.0. The SMILES string of the molecule is CC(C)(C)c1cc2c3c(c1)c1cc4c(cc1n3-c1ncccc1C2(C)C)N(c1cccc(-c2ccccc2)c1)c1ccccc1C4(C)C. The largest absolute Gasteiger partial charge is 0.310 e. The molecule has 0 unspecified atom stereocenters. The van der Waals surface area contributed by atoms with Crippen LogP contribution in [-0.4, -0.2) is 9.55 Å². The molecule has 0 aliphatic carbocycles. The van der Waals surface area contributed by atoms with Crippen molar-refractivity contribution >= 4 is 38.9 Å². The number of aromatic nitrogens is 2. The van der Waals surface area contributed by atoms with Crippen molar-refractivity contribution in [3.05, 3.63) is 149 Å². The van der Waals surface area contributed by atoms with E-state index >= 15 is 0 Å². The zero-order valence-electron chi connectivity index (χ0n) is 28.9. The molecule has 3 nitrogen and oxygen atoms in total. The van der Waals surface area contributed by atoms with Crippen LogP contribution in [0.2, 0.25) is 0 Å². The van der Waals surface area contributed by atoms with E-state index in [1.807, 2.05) is 6.20 Å². The number of benzene rings is 5. The highest BCUT2D eigenvalue weighted by molar-refractivity contribution is 6.13. The van der Waals surface area contributed by atoms with Gasteiger partial charge >= 0.3 is 0 Å². The van der Waals surface area contributed by atoms with Gasteiger partial charge in [0.15, 0.2) is 0 Å². The first-order valence-electron chi connectivity index (χ1n) is 17.1. The number of rotatable bonds is 2. The number of pyridine rings is 1. The molecule has 236 valence electrons. The standard InChI is InChI=1S/C45H41N3/c1-43(2,3)30-24-33-32-26-36-40(27-39(32)48-41(33)37(25-30)45(6,7)35-20-14-22-46-42(35)48)47(38-21-12-11-19-34(38)44(36,4)5)31-18-13-17-29(23-31)28-15-9-8-10-16-28/h8-27H,1-7H3. The molecular weight excluding hydrogens is 583 g/mol. The number of fused-ring (bicyclic) bond motifs is 7. The van der Waals surface area contributed by atoms with Crippen LogP contribution in [0.15, 0.2) is 121 Å². The van der Waals surface area contributed by atoms with Gasteiger partial charge in [0.05, 0.1) is 22.4 Å². The number of nitrogens with zero attached hydrogens (tertiary/aromatic N) is 3. The van der Waals surface area contributed by atoms with Gasteiger partial charge in [0.2, 0.25) is 0 Å². The van der Waals surface area contributed by atoms with Crippen LogP contribution in [0.5, 0.6) is 0 Å². The zero-order chi connectivity index (χ0) is 33.2. The minimum Gasteiger partial charge on any atom is -0.310 e. The summed E-state index contributed by atoms with van der Waals surface area (Å²) in [5.74, 6) is 1.03. The lowest BCUT2D eigenvalue weighted by Gasteiger charge is -2.42. The minimum absolute atomic E-state index is 0.0113. The quantitative estimate of drug-likeness (QED) is 0.191. The Kier molecular flexibility index (Phi) is 5.87. The Balaban J connectivity index is 1.41. The summed E-state index contributed by atoms with van der Waals surface area (Å²) < 4.78 is 2.46. The molecule has 2 aromatic heterocycles. The maximum atomic E-state index is 5.08. The maximum absolute atomic E-state index is 5.08. The second kappa shape index (κ2) is 9.70. The van der Waals surface area contributed by atoms with Crippen molar-refractivity contribution in [3.8, 4) is 16.9 Å². The van der Waals surface area contributed by atoms with Crippen molar-refractivity contribution in [1.82, 2.24) is 9.55 Å². The van der Waals surface area contributed by atoms with Crippen molar-refractivity contribution in [3.63, 3.8) is 0 Å². The van der Waals surface area contributed by atoms with Crippen LogP contribution >= 0.6 is 0 Å². The molecule has 4 heterocycles. The summed E-state index contributed by atoms with van der Waals surface area (Å²) >= 11 is 0. The van der Waals surface area contributed by atoms with Gasteiger partial charge in [-0.25, -0.2) is 4.98 Å². The van der Waals surface area contributed by atoms with E-state index in [2.05, 4.69) is 173 Å². The van der Waals surface area contributed by atoms with Crippen molar-refractivity contribution in [2.75, 3.05) is 4.90 Å². The molecule has 7 aromatic rings. The van der Waals surface area contributed by atoms with Gasteiger partial charge in [-0.05, 0) is 81.3 Å². The van der Waals surface area contributed by atoms with Gasteiger partial charge in [0, 0.05) is 39.1 Å². The Hall–Kier alpha value is -5.15. The third kappa shape index (κ3) is 3.91. The summed E-state index contributed by atoms with van der Waals surface area (Å²) in [6, 6.07) is 42.9. The molecular formula is C45H41N3. The van der Waals surface area contributed by atoms with Gasteiger partial charge in [-0.1, -0.05) is 121 Å². The Bertz CT molecular complexity index is 2440. The number of hydrogen-bond acceptors (Lipinski definition) is 2. The van der Waals surface area contributed by atoms with E-state index in [9.17, 15) is 0 Å². The lowest BCUT2D eigenvalue weighted by atomic mass is 9.72. The normalized spacial score (nSPS) is 15.7. The van der Waals surface area contributed by atoms with Crippen molar-refractivity contribution < 1.29 is 0 Å². The van der Waals surface area contributed by atoms with Crippen LogP contribution in [-0.2, 0) is 16.2 Å². The highest BCUT2D eigenvalue weighted by atomic mass is 15.2. The van der Waals surface area contributed by atoms with Gasteiger partial charge in [0.25, 0.3) is 0 Å². The smallest absolute Gasteiger partial charge is 0.141 e. The first-order chi connectivity index (χ1) is 23.0. The van der Waals surface area contributed by atoms with E-state index in [-0.39, 0.29) is 16.2 Å². The van der Waals surface area contributed by atoms with Crippen LogP contribution in [0.25, 0.3) is 38.8 Å². The number of hydrogen-bond donors (Lipinski definition) is 0. The fourth-order valence-electron chi connectivity index (χ4n) is 8.41. The topological polar surface area (TPSA) is 21.1 Å². The summed E-state index contributed by atoms with van der Waals surface area (Å²) in [5, 5.41) is 2.60. The summed E-state index contributed by atoms with van der Waals surface area (Å²) in [6.45, 7) is 16.5. The molecule has 0 bridgehead atoms. The highest BCUT2D eigenvalue weighted by Crippen LogP contribution is 2.55. The number of para-hydroxylation sites is 1. The van der Waals surface area contributed by atoms with Gasteiger partial charge < -0.3 is 4.90 Å². The Morgan fingerprint density at radius 2 is 1.27 bits per heavy atom. The summed E-state index contributed by atoms with van der Waals surface area (Å²) in [5.41, 5.74) is 14.8. The predicted octanol–water partition coefficient (Wildman–Crippen LogP) is 11.9. The van der Waals surface area contributed by atoms with Crippen LogP contribution in [0, 0.1) is 0 Å². The maximum Gasteiger partial charge on any atom is 0.141 e. The predicted molar refractivity (Wildman–Crippen MR) is 202 cm³/mol. The van der Waals surface area contributed by atoms with E-state index in [1.165, 1.54) is 72.1 Å². The fraction of sp³-hybridized carbons (Fsp3) is 0.222. The second-order valence-corrected chi connectivity index (χ2v) is 15.8. The van der Waals surface area contributed by atoms with E-state index in [0.29, 0.717) is 0 Å². The molecule has 0 radical (unpaired) electrons. The molecule has 9 rings (SSSR count). The van der Waals surface area contributed by atoms with E-state index in [0.717, 1.165) is 11.5 Å². The molecule has 2 aliphatic heterocycles. The summed E-state index contributed by atoms with van der Waals surface area (Å²) in [4.78, 5) is 7.57. The average Bonchev–Trinajstić information content (AvgIpc) is 3.40. The molecule has 0 amide bonds. The van der Waals surface area contributed by atoms with Gasteiger partial charge in [-0.2, -0.15) is 0 Å². The van der Waals surface area contributed by atoms with Crippen LogP contribution in [0.4, 0.5) is 17.1 Å². The molecule has 0 saturated carbocycles. The van der Waals surface area contributed by atoms with Crippen LogP contribution < -0.4 is 4.90 Å². The molecule has 48 heavy (non-hydrogen) atoms. The number of anilines is 3. The molecule has 2 aliphatic rings. The fourth-order valence-corrected chi connectivity index (χ4v) is 8.41. The van der Waals surface area contributed by atoms with Crippen molar-refractivity contribution in [1.29, 1.82) is 0 Å². The Labute approximate surface area is 283 Å². The second-order valence-electron chi connectivity index (χ2n) is 15.8. The Morgan fingerprint density at radius 1 is 0.562 bits per heavy atom. The lowest BCUT2D eigenvalue weighted by Crippen LogP contribution is -2.30. The Morgan fingerprint density at radius 3 is 2.06 bits per heavy atom. The zero-order valence-corrected chi connectivity index (χ0v) is 28.9. The highest BCUT2D eigenvalue weighted by Gasteiger charge is 2.40. The van der Waals surface area contributed by atoms with Gasteiger partial charge in [0.1, 0.15) is 5.82 Å². The molecule has 0 spiro atoms. The average molecular weight is 624 g/mol. The minimum atomic E-state index is -0.206. The summed E-state index contributed by atoms with van der Waals surface area (Å²) in [7, 11) is 0. The molecule has 0 N–H and O–H groups in total. The van der Waals surface area contributed by atoms with Crippen LogP contribution in [0.3, 0.4) is 0 Å². The van der Waals surface area contributed by atoms with Gasteiger partial charge in [-0.15, -0.1) is 0 Å². The molecule has 5 aromatic carbocycles. The van der Waals surface area contributed by atoms with E-state index < -0.39 is 0 Å². The molecule has 0 atom stereocenters. The summed E-state index contributed by atoms with van der Waals surface area (Å²) in [6.07, 6.45) is 1.94. The van der Waals surface area contributed by atoms with Crippen LogP contribution in [0.1, 0.15) is 76.3 Å². The lowest BCUT2D eigenvalue weighted by molar-refractivity contribution is 0.581. The third-order valence-electron chi connectivity index (χ3n) is 11.1. The van der Waals surface area contributed by atoms with E-state index in [1.54, 1.807) is 0 Å². The van der Waals surface area contributed by atoms with Crippen molar-refractivity contribution in [2.24, 2.45) is 0 Å². The molecule has 0 fully saturated rings. The monoisotopic (exact) mass is 623 g/mol. The molecule has 3 heteroatoms. The van der Waals surface area contributed by atoms with Crippen molar-refractivity contribution in [2.45, 2.75) is 64.7 Å². The first-order valence-corrected chi connectivity index (χ1v) is 17.1. The molecule has 0 saturated heterocycles. The van der Waals surface area contributed by atoms with E-state index in [4.69, 9.17) is 4.98 Å². The third-order valence-corrected chi connectivity index (χ3v) is 11.1. The van der Waals surface area contributed by atoms with Gasteiger partial charge in [-0.3, -0.25) is 4.57 Å².